The first-order valence-electron chi connectivity index (χ1n) is 6.96. The first-order chi connectivity index (χ1) is 9.72. The van der Waals surface area contributed by atoms with Gasteiger partial charge in [0, 0.05) is 39.4 Å². The molecule has 118 valence electrons. The summed E-state index contributed by atoms with van der Waals surface area (Å²) >= 11 is 0. The number of ether oxygens (including phenoxy) is 1. The van der Waals surface area contributed by atoms with Gasteiger partial charge in [0.15, 0.2) is 5.96 Å². The molecule has 1 aromatic rings. The maximum atomic E-state index is 5.23. The normalized spacial score (nSPS) is 18.5. The van der Waals surface area contributed by atoms with Crippen molar-refractivity contribution in [2.24, 2.45) is 10.9 Å². The summed E-state index contributed by atoms with van der Waals surface area (Å²) in [7, 11) is 3.57. The maximum absolute atomic E-state index is 5.23. The number of nitrogens with zero attached hydrogens (tertiary/aromatic N) is 4. The number of nitrogens with one attached hydrogen (secondary N) is 1. The Hall–Kier alpha value is -0.960. The maximum Gasteiger partial charge on any atom is 0.193 e. The van der Waals surface area contributed by atoms with Crippen molar-refractivity contribution in [1.29, 1.82) is 0 Å². The van der Waals surface area contributed by atoms with E-state index < -0.39 is 0 Å². The van der Waals surface area contributed by atoms with Crippen LogP contribution in [-0.4, -0.2) is 54.7 Å². The highest BCUT2D eigenvalue weighted by molar-refractivity contribution is 14.0. The average Bonchev–Trinajstić information content (AvgIpc) is 2.89. The van der Waals surface area contributed by atoms with Gasteiger partial charge in [0.1, 0.15) is 5.82 Å². The van der Waals surface area contributed by atoms with Crippen LogP contribution >= 0.6 is 24.0 Å². The first-order valence-corrected chi connectivity index (χ1v) is 6.96. The van der Waals surface area contributed by atoms with Crippen LogP contribution in [0.1, 0.15) is 17.9 Å². The Labute approximate surface area is 143 Å². The standard InChI is InChI=1S/C14H23N5O.HI/c1-11-16-6-4-13(18-11)8-17-14(15-2)19-7-5-12(9-19)10-20-3;/h4,6,12H,5,7-10H2,1-3H3,(H,15,17);1H. The van der Waals surface area contributed by atoms with Crippen molar-refractivity contribution < 1.29 is 4.74 Å². The van der Waals surface area contributed by atoms with E-state index in [0.29, 0.717) is 12.5 Å². The summed E-state index contributed by atoms with van der Waals surface area (Å²) in [6, 6.07) is 1.92. The van der Waals surface area contributed by atoms with Crippen molar-refractivity contribution in [2.75, 3.05) is 33.9 Å². The number of rotatable bonds is 4. The van der Waals surface area contributed by atoms with Gasteiger partial charge >= 0.3 is 0 Å². The van der Waals surface area contributed by atoms with Gasteiger partial charge < -0.3 is 15.0 Å². The third kappa shape index (κ3) is 5.39. The smallest absolute Gasteiger partial charge is 0.193 e. The minimum Gasteiger partial charge on any atom is -0.384 e. The third-order valence-electron chi connectivity index (χ3n) is 3.46. The summed E-state index contributed by atoms with van der Waals surface area (Å²) in [5.74, 6) is 2.32. The van der Waals surface area contributed by atoms with E-state index in [1.807, 2.05) is 20.0 Å². The fourth-order valence-corrected chi connectivity index (χ4v) is 2.50. The quantitative estimate of drug-likeness (QED) is 0.467. The average molecular weight is 405 g/mol. The second kappa shape index (κ2) is 9.14. The predicted molar refractivity (Wildman–Crippen MR) is 93.9 cm³/mol. The summed E-state index contributed by atoms with van der Waals surface area (Å²) in [6.45, 7) is 5.40. The van der Waals surface area contributed by atoms with Crippen LogP contribution in [0.3, 0.4) is 0 Å². The summed E-state index contributed by atoms with van der Waals surface area (Å²) in [4.78, 5) is 15.1. The van der Waals surface area contributed by atoms with Crippen LogP contribution < -0.4 is 5.32 Å². The zero-order valence-corrected chi connectivity index (χ0v) is 15.2. The van der Waals surface area contributed by atoms with Crippen molar-refractivity contribution >= 4 is 29.9 Å². The Morgan fingerprint density at radius 1 is 1.57 bits per heavy atom. The Morgan fingerprint density at radius 2 is 2.38 bits per heavy atom. The molecule has 0 aliphatic carbocycles. The van der Waals surface area contributed by atoms with Gasteiger partial charge in [-0.1, -0.05) is 0 Å². The Morgan fingerprint density at radius 3 is 3.05 bits per heavy atom. The van der Waals surface area contributed by atoms with E-state index in [9.17, 15) is 0 Å². The summed E-state index contributed by atoms with van der Waals surface area (Å²) in [5.41, 5.74) is 0.978. The zero-order chi connectivity index (χ0) is 14.4. The van der Waals surface area contributed by atoms with E-state index >= 15 is 0 Å². The predicted octanol–water partition coefficient (Wildman–Crippen LogP) is 1.45. The first kappa shape index (κ1) is 18.1. The van der Waals surface area contributed by atoms with Gasteiger partial charge in [-0.15, -0.1) is 24.0 Å². The molecule has 0 saturated carbocycles. The molecule has 0 amide bonds. The number of aromatic nitrogens is 2. The molecule has 1 atom stereocenters. The Balaban J connectivity index is 0.00000220. The van der Waals surface area contributed by atoms with Gasteiger partial charge in [0.25, 0.3) is 0 Å². The van der Waals surface area contributed by atoms with Crippen LogP contribution in [0.25, 0.3) is 0 Å². The largest absolute Gasteiger partial charge is 0.384 e. The van der Waals surface area contributed by atoms with Gasteiger partial charge in [-0.05, 0) is 19.4 Å². The number of likely N-dealkylation sites (tertiary alicyclic amines) is 1. The fraction of sp³-hybridized carbons (Fsp3) is 0.643. The highest BCUT2D eigenvalue weighted by Gasteiger charge is 2.24. The molecule has 1 N–H and O–H groups in total. The number of hydrogen-bond acceptors (Lipinski definition) is 4. The van der Waals surface area contributed by atoms with Gasteiger partial charge in [-0.2, -0.15) is 0 Å². The number of aryl methyl sites for hydroxylation is 1. The molecule has 0 spiro atoms. The lowest BCUT2D eigenvalue weighted by molar-refractivity contribution is 0.157. The molecule has 2 heterocycles. The second-order valence-corrected chi connectivity index (χ2v) is 5.05. The molecular weight excluding hydrogens is 381 g/mol. The molecule has 21 heavy (non-hydrogen) atoms. The van der Waals surface area contributed by atoms with E-state index in [4.69, 9.17) is 4.74 Å². The van der Waals surface area contributed by atoms with Crippen LogP contribution in [-0.2, 0) is 11.3 Å². The molecule has 1 fully saturated rings. The zero-order valence-electron chi connectivity index (χ0n) is 12.9. The topological polar surface area (TPSA) is 62.6 Å². The molecule has 0 radical (unpaired) electrons. The summed E-state index contributed by atoms with van der Waals surface area (Å²) < 4.78 is 5.23. The van der Waals surface area contributed by atoms with E-state index in [-0.39, 0.29) is 24.0 Å². The SMILES string of the molecule is CN=C(NCc1ccnc(C)n1)N1CCC(COC)C1.I. The molecule has 1 unspecified atom stereocenters. The lowest BCUT2D eigenvalue weighted by Crippen LogP contribution is -2.40. The van der Waals surface area contributed by atoms with Crippen LogP contribution in [0.5, 0.6) is 0 Å². The van der Waals surface area contributed by atoms with Crippen LogP contribution in [0.2, 0.25) is 0 Å². The van der Waals surface area contributed by atoms with Crippen LogP contribution in [0.4, 0.5) is 0 Å². The Kier molecular flexibility index (Phi) is 7.87. The lowest BCUT2D eigenvalue weighted by Gasteiger charge is -2.21. The van der Waals surface area contributed by atoms with Crippen LogP contribution in [0.15, 0.2) is 17.3 Å². The molecule has 1 aliphatic heterocycles. The molecule has 6 nitrogen and oxygen atoms in total. The lowest BCUT2D eigenvalue weighted by atomic mass is 10.1. The van der Waals surface area contributed by atoms with E-state index in [1.54, 1.807) is 13.3 Å². The number of halogens is 1. The van der Waals surface area contributed by atoms with Gasteiger partial charge in [-0.3, -0.25) is 4.99 Å². The van der Waals surface area contributed by atoms with E-state index in [0.717, 1.165) is 43.6 Å². The molecule has 1 aromatic heterocycles. The highest BCUT2D eigenvalue weighted by atomic mass is 127. The summed E-state index contributed by atoms with van der Waals surface area (Å²) in [5, 5.41) is 3.36. The monoisotopic (exact) mass is 405 g/mol. The number of guanidine groups is 1. The molecular formula is C14H24IN5O. The van der Waals surface area contributed by atoms with Gasteiger partial charge in [-0.25, -0.2) is 9.97 Å². The minimum atomic E-state index is 0. The molecule has 1 saturated heterocycles. The van der Waals surface area contributed by atoms with Crippen molar-refractivity contribution in [3.8, 4) is 0 Å². The number of methoxy groups -OCH3 is 1. The molecule has 2 rings (SSSR count). The second-order valence-electron chi connectivity index (χ2n) is 5.05. The highest BCUT2D eigenvalue weighted by Crippen LogP contribution is 2.16. The number of aliphatic imine (C=N–C) groups is 1. The minimum absolute atomic E-state index is 0. The van der Waals surface area contributed by atoms with Crippen molar-refractivity contribution in [1.82, 2.24) is 20.2 Å². The third-order valence-corrected chi connectivity index (χ3v) is 3.46. The Bertz CT molecular complexity index is 468. The number of hydrogen-bond donors (Lipinski definition) is 1. The molecule has 7 heteroatoms. The molecule has 1 aliphatic rings. The van der Waals surface area contributed by atoms with Gasteiger partial charge in [0.05, 0.1) is 18.8 Å². The van der Waals surface area contributed by atoms with Crippen molar-refractivity contribution in [3.63, 3.8) is 0 Å². The summed E-state index contributed by atoms with van der Waals surface area (Å²) in [6.07, 6.45) is 2.94. The van der Waals surface area contributed by atoms with E-state index in [1.165, 1.54) is 0 Å². The van der Waals surface area contributed by atoms with E-state index in [2.05, 4.69) is 25.2 Å². The van der Waals surface area contributed by atoms with Gasteiger partial charge in [0.2, 0.25) is 0 Å². The molecule has 0 aromatic carbocycles. The molecule has 0 bridgehead atoms. The van der Waals surface area contributed by atoms with Crippen molar-refractivity contribution in [3.05, 3.63) is 23.8 Å². The van der Waals surface area contributed by atoms with Crippen molar-refractivity contribution in [2.45, 2.75) is 19.9 Å². The fourth-order valence-electron chi connectivity index (χ4n) is 2.50. The van der Waals surface area contributed by atoms with Crippen LogP contribution in [0, 0.1) is 12.8 Å².